The van der Waals surface area contributed by atoms with Crippen LogP contribution in [0.1, 0.15) is 25.7 Å². The normalized spacial score (nSPS) is 20.2. The summed E-state index contributed by atoms with van der Waals surface area (Å²) >= 11 is 0. The Balaban J connectivity index is 1.76. The zero-order valence-electron chi connectivity index (χ0n) is 13.1. The molecule has 0 unspecified atom stereocenters. The number of carbonyl (C=O) groups is 2. The second kappa shape index (κ2) is 8.28. The molecule has 1 aromatic rings. The van der Waals surface area contributed by atoms with E-state index >= 15 is 0 Å². The Morgan fingerprint density at radius 3 is 2.54 bits per heavy atom. The van der Waals surface area contributed by atoms with Crippen LogP contribution in [0.3, 0.4) is 0 Å². The third-order valence-corrected chi connectivity index (χ3v) is 4.21. The fraction of sp³-hybridized carbons (Fsp3) is 0.500. The van der Waals surface area contributed by atoms with Gasteiger partial charge in [-0.15, -0.1) is 0 Å². The van der Waals surface area contributed by atoms with Gasteiger partial charge in [-0.25, -0.2) is 0 Å². The summed E-state index contributed by atoms with van der Waals surface area (Å²) in [6.07, 6.45) is 3.32. The molecule has 2 atom stereocenters. The van der Waals surface area contributed by atoms with Crippen LogP contribution in [0.15, 0.2) is 24.3 Å². The van der Waals surface area contributed by atoms with E-state index in [4.69, 9.17) is 4.74 Å². The first-order chi connectivity index (χ1) is 11.5. The van der Waals surface area contributed by atoms with Gasteiger partial charge in [-0.3, -0.25) is 19.7 Å². The van der Waals surface area contributed by atoms with Crippen molar-refractivity contribution in [2.45, 2.75) is 25.7 Å². The van der Waals surface area contributed by atoms with Crippen LogP contribution in [0.25, 0.3) is 0 Å². The monoisotopic (exact) mass is 336 g/mol. The maximum Gasteiger partial charge on any atom is 0.306 e. The minimum Gasteiger partial charge on any atom is -0.484 e. The molecular formula is C16H20N2O6. The van der Waals surface area contributed by atoms with E-state index in [1.54, 1.807) is 0 Å². The number of hydrogen-bond acceptors (Lipinski definition) is 5. The number of hydrogen-bond donors (Lipinski definition) is 2. The fourth-order valence-corrected chi connectivity index (χ4v) is 2.89. The molecule has 8 nitrogen and oxygen atoms in total. The van der Waals surface area contributed by atoms with Crippen molar-refractivity contribution in [2.24, 2.45) is 11.8 Å². The van der Waals surface area contributed by atoms with E-state index < -0.39 is 16.8 Å². The molecule has 1 aromatic carbocycles. The first-order valence-corrected chi connectivity index (χ1v) is 7.84. The van der Waals surface area contributed by atoms with Crippen LogP contribution in [0.5, 0.6) is 5.75 Å². The van der Waals surface area contributed by atoms with E-state index in [1.807, 2.05) is 0 Å². The number of non-ortho nitro benzene ring substituents is 1. The SMILES string of the molecule is O=C(COc1ccc([N+](=O)[O-])cc1)NC[C@@H]1CCCC[C@@H]1C(=O)O. The highest BCUT2D eigenvalue weighted by molar-refractivity contribution is 5.77. The maximum atomic E-state index is 11.8. The number of rotatable bonds is 7. The van der Waals surface area contributed by atoms with Gasteiger partial charge >= 0.3 is 5.97 Å². The molecule has 8 heteroatoms. The maximum absolute atomic E-state index is 11.8. The molecule has 0 saturated heterocycles. The Morgan fingerprint density at radius 2 is 1.92 bits per heavy atom. The van der Waals surface area contributed by atoms with Crippen molar-refractivity contribution in [2.75, 3.05) is 13.2 Å². The lowest BCUT2D eigenvalue weighted by Crippen LogP contribution is -2.38. The summed E-state index contributed by atoms with van der Waals surface area (Å²) in [6.45, 7) is 0.0989. The van der Waals surface area contributed by atoms with E-state index in [9.17, 15) is 24.8 Å². The van der Waals surface area contributed by atoms with Gasteiger partial charge in [0.25, 0.3) is 11.6 Å². The number of nitrogens with zero attached hydrogens (tertiary/aromatic N) is 1. The zero-order valence-corrected chi connectivity index (χ0v) is 13.1. The quantitative estimate of drug-likeness (QED) is 0.580. The molecule has 1 saturated carbocycles. The summed E-state index contributed by atoms with van der Waals surface area (Å²) in [7, 11) is 0. The van der Waals surface area contributed by atoms with Crippen LogP contribution in [-0.2, 0) is 9.59 Å². The molecule has 1 fully saturated rings. The van der Waals surface area contributed by atoms with Crippen molar-refractivity contribution in [1.82, 2.24) is 5.32 Å². The lowest BCUT2D eigenvalue weighted by atomic mass is 9.79. The number of carboxylic acids is 1. The van der Waals surface area contributed by atoms with Crippen molar-refractivity contribution >= 4 is 17.6 Å². The number of nitro benzene ring substituents is 1. The Morgan fingerprint density at radius 1 is 1.25 bits per heavy atom. The third-order valence-electron chi connectivity index (χ3n) is 4.21. The Hall–Kier alpha value is -2.64. The molecule has 2 rings (SSSR count). The molecule has 0 aromatic heterocycles. The predicted octanol–water partition coefficient (Wildman–Crippen LogP) is 1.98. The van der Waals surface area contributed by atoms with Crippen LogP contribution in [-0.4, -0.2) is 35.1 Å². The van der Waals surface area contributed by atoms with Gasteiger partial charge in [0, 0.05) is 18.7 Å². The number of nitro groups is 1. The molecule has 1 amide bonds. The van der Waals surface area contributed by atoms with Crippen LogP contribution in [0.4, 0.5) is 5.69 Å². The van der Waals surface area contributed by atoms with E-state index in [1.165, 1.54) is 24.3 Å². The average molecular weight is 336 g/mol. The van der Waals surface area contributed by atoms with Crippen LogP contribution >= 0.6 is 0 Å². The number of amides is 1. The number of ether oxygens (including phenoxy) is 1. The summed E-state index contributed by atoms with van der Waals surface area (Å²) < 4.78 is 5.27. The van der Waals surface area contributed by atoms with E-state index in [-0.39, 0.29) is 24.1 Å². The van der Waals surface area contributed by atoms with Gasteiger partial charge in [-0.05, 0) is 30.9 Å². The molecule has 1 aliphatic carbocycles. The highest BCUT2D eigenvalue weighted by Gasteiger charge is 2.30. The minimum atomic E-state index is -0.809. The fourth-order valence-electron chi connectivity index (χ4n) is 2.89. The van der Waals surface area contributed by atoms with Crippen molar-refractivity contribution < 1.29 is 24.4 Å². The lowest BCUT2D eigenvalue weighted by molar-refractivity contribution is -0.384. The molecule has 130 valence electrons. The lowest BCUT2D eigenvalue weighted by Gasteiger charge is -2.28. The highest BCUT2D eigenvalue weighted by atomic mass is 16.6. The van der Waals surface area contributed by atoms with Crippen LogP contribution in [0, 0.1) is 22.0 Å². The van der Waals surface area contributed by atoms with Crippen molar-refractivity contribution in [1.29, 1.82) is 0 Å². The first kappa shape index (κ1) is 17.7. The standard InChI is InChI=1S/C16H20N2O6/c19-15(10-24-13-7-5-12(6-8-13)18(22)23)17-9-11-3-1-2-4-14(11)16(20)21/h5-8,11,14H,1-4,9-10H2,(H,17,19)(H,20,21)/t11-,14-/m0/s1. The van der Waals surface area contributed by atoms with Crippen molar-refractivity contribution in [3.05, 3.63) is 34.4 Å². The van der Waals surface area contributed by atoms with Gasteiger partial charge < -0.3 is 15.2 Å². The number of benzene rings is 1. The van der Waals surface area contributed by atoms with E-state index in [2.05, 4.69) is 5.32 Å². The second-order valence-electron chi connectivity index (χ2n) is 5.83. The molecule has 0 aliphatic heterocycles. The summed E-state index contributed by atoms with van der Waals surface area (Å²) in [4.78, 5) is 33.1. The molecule has 0 heterocycles. The third kappa shape index (κ3) is 4.94. The van der Waals surface area contributed by atoms with E-state index in [0.29, 0.717) is 18.7 Å². The summed E-state index contributed by atoms with van der Waals surface area (Å²) in [5.74, 6) is -1.26. The van der Waals surface area contributed by atoms with Gasteiger partial charge in [-0.1, -0.05) is 12.8 Å². The molecule has 1 aliphatic rings. The molecule has 0 radical (unpaired) electrons. The number of carbonyl (C=O) groups excluding carboxylic acids is 1. The summed E-state index contributed by atoms with van der Waals surface area (Å²) in [5, 5.41) is 22.5. The summed E-state index contributed by atoms with van der Waals surface area (Å²) in [6, 6.07) is 5.44. The van der Waals surface area contributed by atoms with Gasteiger partial charge in [0.2, 0.25) is 0 Å². The number of nitrogens with one attached hydrogen (secondary N) is 1. The molecular weight excluding hydrogens is 316 g/mol. The second-order valence-corrected chi connectivity index (χ2v) is 5.83. The molecule has 24 heavy (non-hydrogen) atoms. The Kier molecular flexibility index (Phi) is 6.11. The summed E-state index contributed by atoms with van der Waals surface area (Å²) in [5.41, 5.74) is -0.0520. The van der Waals surface area contributed by atoms with Crippen LogP contribution < -0.4 is 10.1 Å². The minimum absolute atomic E-state index is 0.0520. The van der Waals surface area contributed by atoms with Crippen molar-refractivity contribution in [3.8, 4) is 5.75 Å². The average Bonchev–Trinajstić information content (AvgIpc) is 2.58. The smallest absolute Gasteiger partial charge is 0.306 e. The van der Waals surface area contributed by atoms with Gasteiger partial charge in [-0.2, -0.15) is 0 Å². The van der Waals surface area contributed by atoms with Gasteiger partial charge in [0.1, 0.15) is 5.75 Å². The number of carboxylic acid groups (broad SMARTS) is 1. The largest absolute Gasteiger partial charge is 0.484 e. The highest BCUT2D eigenvalue weighted by Crippen LogP contribution is 2.29. The zero-order chi connectivity index (χ0) is 17.5. The molecule has 0 bridgehead atoms. The van der Waals surface area contributed by atoms with Gasteiger partial charge in [0.05, 0.1) is 10.8 Å². The Labute approximate surface area is 139 Å². The van der Waals surface area contributed by atoms with Crippen molar-refractivity contribution in [3.63, 3.8) is 0 Å². The Bertz CT molecular complexity index is 601. The molecule has 2 N–H and O–H groups in total. The van der Waals surface area contributed by atoms with Crippen LogP contribution in [0.2, 0.25) is 0 Å². The predicted molar refractivity (Wildman–Crippen MR) is 84.7 cm³/mol. The number of aliphatic carboxylic acids is 1. The topological polar surface area (TPSA) is 119 Å². The first-order valence-electron chi connectivity index (χ1n) is 7.84. The van der Waals surface area contributed by atoms with E-state index in [0.717, 1.165) is 19.3 Å². The van der Waals surface area contributed by atoms with Gasteiger partial charge in [0.15, 0.2) is 6.61 Å². The molecule has 0 spiro atoms.